The summed E-state index contributed by atoms with van der Waals surface area (Å²) in [5.41, 5.74) is 3.22. The maximum atomic E-state index is 13.2. The highest BCUT2D eigenvalue weighted by Gasteiger charge is 2.41. The molecule has 0 amide bonds. The van der Waals surface area contributed by atoms with E-state index >= 15 is 0 Å². The zero-order valence-electron chi connectivity index (χ0n) is 20.0. The first kappa shape index (κ1) is 25.0. The number of aromatic nitrogens is 3. The molecule has 1 N–H and O–H groups in total. The van der Waals surface area contributed by atoms with Crippen molar-refractivity contribution in [3.05, 3.63) is 94.5 Å². The van der Waals surface area contributed by atoms with Crippen molar-refractivity contribution in [2.24, 2.45) is 11.8 Å². The van der Waals surface area contributed by atoms with E-state index in [1.165, 1.54) is 12.1 Å². The van der Waals surface area contributed by atoms with Gasteiger partial charge in [-0.2, -0.15) is 11.8 Å². The van der Waals surface area contributed by atoms with Gasteiger partial charge < -0.3 is 9.94 Å². The highest BCUT2D eigenvalue weighted by Crippen LogP contribution is 2.40. The third-order valence-electron chi connectivity index (χ3n) is 6.82. The second-order valence-corrected chi connectivity index (χ2v) is 10.5. The molecule has 0 aliphatic heterocycles. The molecule has 1 aliphatic carbocycles. The van der Waals surface area contributed by atoms with Crippen molar-refractivity contribution >= 4 is 28.6 Å². The number of thioether (sulfide) groups is 1. The molecule has 1 aromatic heterocycles. The normalized spacial score (nSPS) is 19.2. The summed E-state index contributed by atoms with van der Waals surface area (Å²) >= 11 is 1.67. The van der Waals surface area contributed by atoms with Crippen molar-refractivity contribution in [2.75, 3.05) is 12.4 Å². The van der Waals surface area contributed by atoms with Gasteiger partial charge in [0.1, 0.15) is 17.9 Å². The van der Waals surface area contributed by atoms with Crippen LogP contribution in [-0.2, 0) is 11.2 Å². The Kier molecular flexibility index (Phi) is 7.50. The molecule has 190 valence electrons. The number of hydrogen-bond donors (Lipinski definition) is 1. The van der Waals surface area contributed by atoms with E-state index in [0.717, 1.165) is 40.1 Å². The molecule has 0 spiro atoms. The Morgan fingerprint density at radius 2 is 1.73 bits per heavy atom. The summed E-state index contributed by atoms with van der Waals surface area (Å²) < 4.78 is 13.2. The van der Waals surface area contributed by atoms with E-state index in [2.05, 4.69) is 22.4 Å². The summed E-state index contributed by atoms with van der Waals surface area (Å²) in [5.74, 6) is -1.08. The van der Waals surface area contributed by atoms with Gasteiger partial charge in [0.05, 0.1) is 11.3 Å². The van der Waals surface area contributed by atoms with E-state index in [0.29, 0.717) is 17.3 Å². The van der Waals surface area contributed by atoms with Gasteiger partial charge in [-0.25, -0.2) is 4.39 Å². The zero-order chi connectivity index (χ0) is 25.8. The number of carboxylic acid groups (broad SMARTS) is 1. The molecule has 4 aromatic rings. The summed E-state index contributed by atoms with van der Waals surface area (Å²) in [5, 5.41) is 18.1. The molecule has 9 heteroatoms. The Balaban J connectivity index is 1.16. The molecular weight excluding hydrogens is 493 g/mol. The molecule has 37 heavy (non-hydrogen) atoms. The first-order chi connectivity index (χ1) is 18.0. The maximum Gasteiger partial charge on any atom is 0.314 e. The van der Waals surface area contributed by atoms with Gasteiger partial charge in [-0.15, -0.1) is 5.10 Å². The lowest BCUT2D eigenvalue weighted by atomic mass is 9.97. The lowest BCUT2D eigenvalue weighted by Crippen LogP contribution is -2.36. The van der Waals surface area contributed by atoms with E-state index < -0.39 is 17.4 Å². The van der Waals surface area contributed by atoms with Crippen LogP contribution in [0.5, 0.6) is 0 Å². The van der Waals surface area contributed by atoms with Crippen LogP contribution in [-0.4, -0.2) is 43.8 Å². The molecule has 0 radical (unpaired) electrons. The van der Waals surface area contributed by atoms with E-state index in [9.17, 15) is 19.1 Å². The van der Waals surface area contributed by atoms with Crippen molar-refractivity contribution in [1.29, 1.82) is 0 Å². The van der Waals surface area contributed by atoms with Crippen molar-refractivity contribution < 1.29 is 19.1 Å². The largest absolute Gasteiger partial charge is 0.481 e. The van der Waals surface area contributed by atoms with Gasteiger partial charge in [0, 0.05) is 11.2 Å². The first-order valence-electron chi connectivity index (χ1n) is 12.2. The Morgan fingerprint density at radius 3 is 2.46 bits per heavy atom. The predicted octanol–water partition coefficient (Wildman–Crippen LogP) is 4.48. The SMILES string of the molecule is O=C(O)[C@@H]1[C@@H](COn2nnc3ccccc3c2=O)CC[C@H]1SCCc1ccc(-c2ccc(F)cc2)cc1. The minimum Gasteiger partial charge on any atom is -0.481 e. The summed E-state index contributed by atoms with van der Waals surface area (Å²) in [6, 6.07) is 21.5. The number of aliphatic carboxylic acids is 1. The lowest BCUT2D eigenvalue weighted by molar-refractivity contribution is -0.143. The topological polar surface area (TPSA) is 94.3 Å². The number of fused-ring (bicyclic) bond motifs is 1. The molecule has 3 atom stereocenters. The Labute approximate surface area is 217 Å². The molecule has 1 fully saturated rings. The second-order valence-electron chi connectivity index (χ2n) is 9.14. The summed E-state index contributed by atoms with van der Waals surface area (Å²) in [4.78, 5) is 31.2. The van der Waals surface area contributed by atoms with Crippen LogP contribution in [0.1, 0.15) is 18.4 Å². The van der Waals surface area contributed by atoms with E-state index in [1.54, 1.807) is 48.2 Å². The third-order valence-corrected chi connectivity index (χ3v) is 8.22. The van der Waals surface area contributed by atoms with Gasteiger partial charge in [0.25, 0.3) is 0 Å². The average molecular weight is 520 g/mol. The van der Waals surface area contributed by atoms with Gasteiger partial charge in [0.15, 0.2) is 0 Å². The fraction of sp³-hybridized carbons (Fsp3) is 0.286. The molecule has 5 rings (SSSR count). The van der Waals surface area contributed by atoms with E-state index in [4.69, 9.17) is 4.84 Å². The quantitative estimate of drug-likeness (QED) is 0.348. The van der Waals surface area contributed by atoms with Gasteiger partial charge in [-0.05, 0) is 76.0 Å². The number of halogens is 1. The number of carboxylic acids is 1. The van der Waals surface area contributed by atoms with Crippen LogP contribution in [0.15, 0.2) is 77.6 Å². The standard InChI is InChI=1S/C28H26FN3O4S/c29-22-12-9-20(10-13-22)19-7-5-18(6-8-19)15-16-37-25-14-11-21(26(25)28(34)35)17-36-32-27(33)23-3-1-2-4-24(23)30-31-32/h1-10,12-13,21,25-26H,11,14-17H2,(H,34,35)/t21-,25-,26-/m1/s1. The van der Waals surface area contributed by atoms with Crippen LogP contribution in [0.3, 0.4) is 0 Å². The minimum atomic E-state index is -0.843. The second kappa shape index (κ2) is 11.1. The van der Waals surface area contributed by atoms with Gasteiger partial charge in [0.2, 0.25) is 0 Å². The fourth-order valence-corrected chi connectivity index (χ4v) is 6.34. The molecule has 1 saturated carbocycles. The summed E-state index contributed by atoms with van der Waals surface area (Å²) in [6.07, 6.45) is 2.30. The Hall–Kier alpha value is -3.72. The van der Waals surface area contributed by atoms with Gasteiger partial charge in [-0.3, -0.25) is 9.59 Å². The molecule has 7 nitrogen and oxygen atoms in total. The lowest BCUT2D eigenvalue weighted by Gasteiger charge is -2.20. The van der Waals surface area contributed by atoms with Crippen LogP contribution in [0.25, 0.3) is 22.0 Å². The fourth-order valence-electron chi connectivity index (χ4n) is 4.83. The molecule has 0 unspecified atom stereocenters. The average Bonchev–Trinajstić information content (AvgIpc) is 3.32. The van der Waals surface area contributed by atoms with E-state index in [1.807, 2.05) is 12.1 Å². The molecule has 0 saturated heterocycles. The van der Waals surface area contributed by atoms with Crippen LogP contribution >= 0.6 is 11.8 Å². The van der Waals surface area contributed by atoms with Gasteiger partial charge >= 0.3 is 11.5 Å². The molecular formula is C28H26FN3O4S. The third kappa shape index (κ3) is 5.67. The number of hydrogen-bond acceptors (Lipinski definition) is 6. The summed E-state index contributed by atoms with van der Waals surface area (Å²) in [7, 11) is 0. The van der Waals surface area contributed by atoms with Gasteiger partial charge in [-0.1, -0.05) is 48.5 Å². The molecule has 3 aromatic carbocycles. The first-order valence-corrected chi connectivity index (χ1v) is 13.2. The highest BCUT2D eigenvalue weighted by atomic mass is 32.2. The molecule has 0 bridgehead atoms. The number of carbonyl (C=O) groups is 1. The van der Waals surface area contributed by atoms with Crippen LogP contribution < -0.4 is 10.4 Å². The minimum absolute atomic E-state index is 0.0241. The number of nitrogens with zero attached hydrogens (tertiary/aromatic N) is 3. The maximum absolute atomic E-state index is 13.2. The van der Waals surface area contributed by atoms with Crippen molar-refractivity contribution in [3.8, 4) is 11.1 Å². The zero-order valence-corrected chi connectivity index (χ0v) is 20.8. The smallest absolute Gasteiger partial charge is 0.314 e. The van der Waals surface area contributed by atoms with Crippen molar-refractivity contribution in [1.82, 2.24) is 15.2 Å². The molecule has 1 heterocycles. The number of benzene rings is 3. The highest BCUT2D eigenvalue weighted by molar-refractivity contribution is 7.99. The monoisotopic (exact) mass is 519 g/mol. The number of rotatable bonds is 9. The summed E-state index contributed by atoms with van der Waals surface area (Å²) in [6.45, 7) is 0.0891. The Morgan fingerprint density at radius 1 is 1.03 bits per heavy atom. The molecule has 1 aliphatic rings. The van der Waals surface area contributed by atoms with Crippen LogP contribution in [0, 0.1) is 17.7 Å². The van der Waals surface area contributed by atoms with Crippen molar-refractivity contribution in [2.45, 2.75) is 24.5 Å². The van der Waals surface area contributed by atoms with E-state index in [-0.39, 0.29) is 23.6 Å². The Bertz CT molecular complexity index is 1440. The van der Waals surface area contributed by atoms with Crippen LogP contribution in [0.2, 0.25) is 0 Å². The van der Waals surface area contributed by atoms with Crippen molar-refractivity contribution in [3.63, 3.8) is 0 Å². The predicted molar refractivity (Wildman–Crippen MR) is 141 cm³/mol. The van der Waals surface area contributed by atoms with Crippen LogP contribution in [0.4, 0.5) is 4.39 Å². The number of aryl methyl sites for hydroxylation is 1.